The lowest BCUT2D eigenvalue weighted by atomic mass is 10.0. The Kier molecular flexibility index (Phi) is 4.00. The zero-order chi connectivity index (χ0) is 12.4. The predicted molar refractivity (Wildman–Crippen MR) is 65.1 cm³/mol. The molecule has 94 valence electrons. The number of hydrogen-bond donors (Lipinski definition) is 1. The molecule has 1 nitrogen and oxygen atoms in total. The molecule has 2 rings (SSSR count). The summed E-state index contributed by atoms with van der Waals surface area (Å²) < 4.78 is 27.2. The second-order valence-electron chi connectivity index (χ2n) is 4.58. The lowest BCUT2D eigenvalue weighted by Crippen LogP contribution is -2.22. The SMILES string of the molecule is CCNC(CC1CC1)c1cc(F)c(Cl)cc1F. The average Bonchev–Trinajstić information content (AvgIpc) is 3.07. The summed E-state index contributed by atoms with van der Waals surface area (Å²) in [6.45, 7) is 2.70. The second-order valence-corrected chi connectivity index (χ2v) is 4.98. The number of nitrogens with one attached hydrogen (secondary N) is 1. The van der Waals surface area contributed by atoms with Crippen molar-refractivity contribution in [3.8, 4) is 0 Å². The molecule has 1 unspecified atom stereocenters. The minimum Gasteiger partial charge on any atom is -0.310 e. The zero-order valence-corrected chi connectivity index (χ0v) is 10.5. The molecule has 1 aromatic carbocycles. The predicted octanol–water partition coefficient (Wildman–Crippen LogP) is 4.07. The standard InChI is InChI=1S/C13H16ClF2N/c1-2-17-13(5-8-3-4-8)9-6-12(16)10(14)7-11(9)15/h6-8,13,17H,2-5H2,1H3. The Balaban J connectivity index is 2.23. The molecule has 0 aromatic heterocycles. The summed E-state index contributed by atoms with van der Waals surface area (Å²) in [7, 11) is 0. The van der Waals surface area contributed by atoms with Gasteiger partial charge in [-0.25, -0.2) is 8.78 Å². The minimum absolute atomic E-state index is 0.112. The van der Waals surface area contributed by atoms with Crippen molar-refractivity contribution in [2.75, 3.05) is 6.54 Å². The molecule has 1 atom stereocenters. The first-order valence-electron chi connectivity index (χ1n) is 5.99. The van der Waals surface area contributed by atoms with Gasteiger partial charge >= 0.3 is 0 Å². The van der Waals surface area contributed by atoms with Crippen molar-refractivity contribution in [1.29, 1.82) is 0 Å². The van der Waals surface area contributed by atoms with E-state index in [-0.39, 0.29) is 11.1 Å². The van der Waals surface area contributed by atoms with Crippen LogP contribution in [-0.2, 0) is 0 Å². The Morgan fingerprint density at radius 2 is 2.06 bits per heavy atom. The third kappa shape index (κ3) is 3.17. The van der Waals surface area contributed by atoms with Gasteiger partial charge in [0.05, 0.1) is 5.02 Å². The monoisotopic (exact) mass is 259 g/mol. The molecule has 1 aromatic rings. The van der Waals surface area contributed by atoms with E-state index in [1.54, 1.807) is 0 Å². The maximum atomic E-state index is 13.8. The van der Waals surface area contributed by atoms with E-state index < -0.39 is 11.6 Å². The number of hydrogen-bond acceptors (Lipinski definition) is 1. The van der Waals surface area contributed by atoms with E-state index in [1.165, 1.54) is 18.9 Å². The van der Waals surface area contributed by atoms with Crippen LogP contribution in [0.3, 0.4) is 0 Å². The summed E-state index contributed by atoms with van der Waals surface area (Å²) in [5.74, 6) is -0.332. The van der Waals surface area contributed by atoms with Crippen LogP contribution >= 0.6 is 11.6 Å². The number of benzene rings is 1. The molecule has 1 fully saturated rings. The van der Waals surface area contributed by atoms with Gasteiger partial charge in [-0.15, -0.1) is 0 Å². The van der Waals surface area contributed by atoms with E-state index in [2.05, 4.69) is 5.32 Å². The van der Waals surface area contributed by atoms with Gasteiger partial charge in [-0.3, -0.25) is 0 Å². The van der Waals surface area contributed by atoms with Crippen LogP contribution in [0, 0.1) is 17.6 Å². The van der Waals surface area contributed by atoms with Gasteiger partial charge in [0.2, 0.25) is 0 Å². The molecule has 0 bridgehead atoms. The van der Waals surface area contributed by atoms with Crippen LogP contribution in [0.2, 0.25) is 5.02 Å². The molecule has 0 heterocycles. The molecule has 0 radical (unpaired) electrons. The molecule has 0 aliphatic heterocycles. The molecule has 1 aliphatic rings. The topological polar surface area (TPSA) is 12.0 Å². The summed E-state index contributed by atoms with van der Waals surface area (Å²) in [6.07, 6.45) is 3.25. The van der Waals surface area contributed by atoms with Crippen LogP contribution < -0.4 is 5.32 Å². The molecular weight excluding hydrogens is 244 g/mol. The first kappa shape index (κ1) is 12.8. The van der Waals surface area contributed by atoms with Crippen LogP contribution in [0.5, 0.6) is 0 Å². The zero-order valence-electron chi connectivity index (χ0n) is 9.77. The fraction of sp³-hybridized carbons (Fsp3) is 0.538. The van der Waals surface area contributed by atoms with Crippen molar-refractivity contribution >= 4 is 11.6 Å². The van der Waals surface area contributed by atoms with E-state index >= 15 is 0 Å². The van der Waals surface area contributed by atoms with Gasteiger partial charge in [-0.1, -0.05) is 31.4 Å². The minimum atomic E-state index is -0.554. The number of halogens is 3. The van der Waals surface area contributed by atoms with Crippen molar-refractivity contribution < 1.29 is 8.78 Å². The van der Waals surface area contributed by atoms with Crippen molar-refractivity contribution in [3.63, 3.8) is 0 Å². The van der Waals surface area contributed by atoms with E-state index in [0.29, 0.717) is 11.5 Å². The highest BCUT2D eigenvalue weighted by Crippen LogP contribution is 2.38. The summed E-state index contributed by atoms with van der Waals surface area (Å²) in [4.78, 5) is 0. The fourth-order valence-electron chi connectivity index (χ4n) is 2.06. The maximum Gasteiger partial charge on any atom is 0.142 e. The van der Waals surface area contributed by atoms with Crippen molar-refractivity contribution in [1.82, 2.24) is 5.32 Å². The molecule has 0 amide bonds. The molecule has 1 aliphatic carbocycles. The molecule has 17 heavy (non-hydrogen) atoms. The maximum absolute atomic E-state index is 13.8. The van der Waals surface area contributed by atoms with E-state index in [4.69, 9.17) is 11.6 Å². The third-order valence-corrected chi connectivity index (χ3v) is 3.42. The lowest BCUT2D eigenvalue weighted by Gasteiger charge is -2.19. The quantitative estimate of drug-likeness (QED) is 0.786. The van der Waals surface area contributed by atoms with Gasteiger partial charge in [-0.05, 0) is 31.0 Å². The number of rotatable bonds is 5. The van der Waals surface area contributed by atoms with E-state index in [1.807, 2.05) is 6.92 Å². The van der Waals surface area contributed by atoms with Crippen molar-refractivity contribution in [2.24, 2.45) is 5.92 Å². The first-order valence-corrected chi connectivity index (χ1v) is 6.37. The van der Waals surface area contributed by atoms with Crippen LogP contribution in [0.1, 0.15) is 37.8 Å². The van der Waals surface area contributed by atoms with Crippen LogP contribution in [0.15, 0.2) is 12.1 Å². The molecule has 1 saturated carbocycles. The van der Waals surface area contributed by atoms with Crippen molar-refractivity contribution in [2.45, 2.75) is 32.2 Å². The molecular formula is C13H16ClF2N. The molecule has 0 spiro atoms. The lowest BCUT2D eigenvalue weighted by molar-refractivity contribution is 0.459. The Bertz CT molecular complexity index is 405. The van der Waals surface area contributed by atoms with Crippen molar-refractivity contribution in [3.05, 3.63) is 34.4 Å². The summed E-state index contributed by atoms with van der Waals surface area (Å²) >= 11 is 5.55. The Morgan fingerprint density at radius 3 is 2.65 bits per heavy atom. The second kappa shape index (κ2) is 5.32. The van der Waals surface area contributed by atoms with Crippen LogP contribution in [0.25, 0.3) is 0 Å². The summed E-state index contributed by atoms with van der Waals surface area (Å²) in [6, 6.07) is 2.16. The average molecular weight is 260 g/mol. The largest absolute Gasteiger partial charge is 0.310 e. The Labute approximate surface area is 105 Å². The highest BCUT2D eigenvalue weighted by Gasteiger charge is 2.27. The van der Waals surface area contributed by atoms with Gasteiger partial charge in [0.15, 0.2) is 0 Å². The van der Waals surface area contributed by atoms with E-state index in [9.17, 15) is 8.78 Å². The fourth-order valence-corrected chi connectivity index (χ4v) is 2.21. The highest BCUT2D eigenvalue weighted by atomic mass is 35.5. The van der Waals surface area contributed by atoms with Gasteiger partial charge in [0.1, 0.15) is 11.6 Å². The van der Waals surface area contributed by atoms with E-state index in [0.717, 1.165) is 19.0 Å². The normalized spacial score (nSPS) is 17.2. The van der Waals surface area contributed by atoms with Crippen LogP contribution in [-0.4, -0.2) is 6.54 Å². The smallest absolute Gasteiger partial charge is 0.142 e. The third-order valence-electron chi connectivity index (χ3n) is 3.13. The Hall–Kier alpha value is -0.670. The van der Waals surface area contributed by atoms with Gasteiger partial charge < -0.3 is 5.32 Å². The Morgan fingerprint density at radius 1 is 1.35 bits per heavy atom. The summed E-state index contributed by atoms with van der Waals surface area (Å²) in [5.41, 5.74) is 0.389. The molecule has 1 N–H and O–H groups in total. The highest BCUT2D eigenvalue weighted by molar-refractivity contribution is 6.30. The molecule has 4 heteroatoms. The van der Waals surface area contributed by atoms with Gasteiger partial charge in [-0.2, -0.15) is 0 Å². The van der Waals surface area contributed by atoms with Gasteiger partial charge in [0.25, 0.3) is 0 Å². The van der Waals surface area contributed by atoms with Crippen LogP contribution in [0.4, 0.5) is 8.78 Å². The van der Waals surface area contributed by atoms with Gasteiger partial charge in [0, 0.05) is 11.6 Å². The molecule has 0 saturated heterocycles. The first-order chi connectivity index (χ1) is 8.11. The summed E-state index contributed by atoms with van der Waals surface area (Å²) in [5, 5.41) is 3.05.